The van der Waals surface area contributed by atoms with E-state index in [1.807, 2.05) is 50.2 Å². The second-order valence-electron chi connectivity index (χ2n) is 6.95. The molecule has 0 aliphatic rings. The summed E-state index contributed by atoms with van der Waals surface area (Å²) in [4.78, 5) is 27.1. The Morgan fingerprint density at radius 3 is 2.32 bits per heavy atom. The molecule has 6 heteroatoms. The first-order chi connectivity index (χ1) is 13.3. The van der Waals surface area contributed by atoms with Crippen LogP contribution in [0.15, 0.2) is 48.5 Å². The fourth-order valence-electron chi connectivity index (χ4n) is 2.84. The average molecular weight is 403 g/mol. The molecule has 2 aromatic carbocycles. The van der Waals surface area contributed by atoms with Crippen LogP contribution in [0.4, 0.5) is 0 Å². The molecule has 0 unspecified atom stereocenters. The van der Waals surface area contributed by atoms with Crippen molar-refractivity contribution in [1.82, 2.24) is 10.2 Å². The summed E-state index contributed by atoms with van der Waals surface area (Å²) >= 11 is 5.94. The number of halogens is 1. The first-order valence-electron chi connectivity index (χ1n) is 9.28. The van der Waals surface area contributed by atoms with E-state index >= 15 is 0 Å². The van der Waals surface area contributed by atoms with Gasteiger partial charge in [-0.1, -0.05) is 55.8 Å². The van der Waals surface area contributed by atoms with Gasteiger partial charge in [-0.2, -0.15) is 0 Å². The monoisotopic (exact) mass is 402 g/mol. The molecular weight excluding hydrogens is 376 g/mol. The van der Waals surface area contributed by atoms with Crippen molar-refractivity contribution >= 4 is 23.4 Å². The third kappa shape index (κ3) is 5.73. The zero-order chi connectivity index (χ0) is 20.7. The Morgan fingerprint density at radius 1 is 1.07 bits per heavy atom. The number of para-hydroxylation sites is 1. The number of carbonyl (C=O) groups excluding carboxylic acids is 2. The minimum Gasteiger partial charge on any atom is -0.496 e. The first kappa shape index (κ1) is 21.8. The van der Waals surface area contributed by atoms with E-state index in [2.05, 4.69) is 5.32 Å². The number of methoxy groups -OCH3 is 1. The molecule has 28 heavy (non-hydrogen) atoms. The lowest BCUT2D eigenvalue weighted by Gasteiger charge is -2.30. The summed E-state index contributed by atoms with van der Waals surface area (Å²) in [6.45, 7) is 6.08. The highest BCUT2D eigenvalue weighted by Gasteiger charge is 2.27. The maximum Gasteiger partial charge on any atom is 0.242 e. The highest BCUT2D eigenvalue weighted by Crippen LogP contribution is 2.18. The summed E-state index contributed by atoms with van der Waals surface area (Å²) in [5.74, 6) is 0.215. The summed E-state index contributed by atoms with van der Waals surface area (Å²) in [6, 6.07) is 14.2. The van der Waals surface area contributed by atoms with Crippen LogP contribution in [-0.2, 0) is 22.7 Å². The van der Waals surface area contributed by atoms with Crippen molar-refractivity contribution in [2.45, 2.75) is 39.9 Å². The van der Waals surface area contributed by atoms with Crippen LogP contribution in [0.3, 0.4) is 0 Å². The first-order valence-corrected chi connectivity index (χ1v) is 9.65. The average Bonchev–Trinajstić information content (AvgIpc) is 2.70. The van der Waals surface area contributed by atoms with E-state index < -0.39 is 6.04 Å². The number of carbonyl (C=O) groups is 2. The standard InChI is InChI=1S/C22H27ClN2O3/c1-15(2)22(27)25(14-17-9-11-19(23)12-10-17)16(3)21(26)24-13-18-7-5-6-8-20(18)28-4/h5-12,15-16H,13-14H2,1-4H3,(H,24,26)/t16-/m1/s1. The third-order valence-electron chi connectivity index (χ3n) is 4.54. The molecular formula is C22H27ClN2O3. The van der Waals surface area contributed by atoms with Crippen LogP contribution in [0, 0.1) is 5.92 Å². The molecule has 0 aliphatic heterocycles. The highest BCUT2D eigenvalue weighted by molar-refractivity contribution is 6.30. The molecule has 5 nitrogen and oxygen atoms in total. The van der Waals surface area contributed by atoms with E-state index in [0.29, 0.717) is 23.9 Å². The van der Waals surface area contributed by atoms with Gasteiger partial charge in [0.15, 0.2) is 0 Å². The molecule has 0 aliphatic carbocycles. The fraction of sp³-hybridized carbons (Fsp3) is 0.364. The number of amides is 2. The molecule has 1 atom stereocenters. The lowest BCUT2D eigenvalue weighted by atomic mass is 10.1. The van der Waals surface area contributed by atoms with Crippen molar-refractivity contribution in [2.24, 2.45) is 5.92 Å². The predicted octanol–water partition coefficient (Wildman–Crippen LogP) is 4.04. The van der Waals surface area contributed by atoms with Gasteiger partial charge in [0.2, 0.25) is 11.8 Å². The normalized spacial score (nSPS) is 11.8. The summed E-state index contributed by atoms with van der Waals surface area (Å²) < 4.78 is 5.32. The number of benzene rings is 2. The van der Waals surface area contributed by atoms with Crippen LogP contribution in [0.25, 0.3) is 0 Å². The molecule has 0 spiro atoms. The van der Waals surface area contributed by atoms with Crippen LogP contribution in [0.1, 0.15) is 31.9 Å². The van der Waals surface area contributed by atoms with E-state index in [-0.39, 0.29) is 17.7 Å². The Hall–Kier alpha value is -2.53. The van der Waals surface area contributed by atoms with E-state index in [0.717, 1.165) is 11.1 Å². The smallest absolute Gasteiger partial charge is 0.242 e. The summed E-state index contributed by atoms with van der Waals surface area (Å²) in [5, 5.41) is 3.54. The van der Waals surface area contributed by atoms with Crippen LogP contribution in [0.2, 0.25) is 5.02 Å². The molecule has 0 saturated heterocycles. The number of nitrogens with one attached hydrogen (secondary N) is 1. The van der Waals surface area contributed by atoms with Crippen molar-refractivity contribution in [3.8, 4) is 5.75 Å². The Labute approximate surface area is 171 Å². The van der Waals surface area contributed by atoms with Gasteiger partial charge in [-0.25, -0.2) is 0 Å². The molecule has 2 amide bonds. The van der Waals surface area contributed by atoms with Crippen molar-refractivity contribution < 1.29 is 14.3 Å². The second kappa shape index (κ2) is 10.1. The third-order valence-corrected chi connectivity index (χ3v) is 4.79. The number of hydrogen-bond acceptors (Lipinski definition) is 3. The number of hydrogen-bond donors (Lipinski definition) is 1. The highest BCUT2D eigenvalue weighted by atomic mass is 35.5. The molecule has 1 N–H and O–H groups in total. The molecule has 0 saturated carbocycles. The van der Waals surface area contributed by atoms with Gasteiger partial charge in [0, 0.05) is 29.6 Å². The Bertz CT molecular complexity index is 806. The molecule has 0 aromatic heterocycles. The van der Waals surface area contributed by atoms with E-state index in [9.17, 15) is 9.59 Å². The van der Waals surface area contributed by atoms with Crippen molar-refractivity contribution in [2.75, 3.05) is 7.11 Å². The number of rotatable bonds is 8. The minimum absolute atomic E-state index is 0.0742. The minimum atomic E-state index is -0.611. The van der Waals surface area contributed by atoms with Crippen LogP contribution < -0.4 is 10.1 Å². The van der Waals surface area contributed by atoms with Crippen molar-refractivity contribution in [3.05, 3.63) is 64.7 Å². The maximum absolute atomic E-state index is 12.8. The second-order valence-corrected chi connectivity index (χ2v) is 7.39. The number of nitrogens with zero attached hydrogens (tertiary/aromatic N) is 1. The lowest BCUT2D eigenvalue weighted by molar-refractivity contribution is -0.143. The summed E-state index contributed by atoms with van der Waals surface area (Å²) in [5.41, 5.74) is 1.80. The van der Waals surface area contributed by atoms with E-state index in [4.69, 9.17) is 16.3 Å². The quantitative estimate of drug-likeness (QED) is 0.725. The molecule has 2 aromatic rings. The zero-order valence-electron chi connectivity index (χ0n) is 16.7. The molecule has 0 radical (unpaired) electrons. The van der Waals surface area contributed by atoms with Crippen LogP contribution >= 0.6 is 11.6 Å². The topological polar surface area (TPSA) is 58.6 Å². The molecule has 0 bridgehead atoms. The predicted molar refractivity (Wildman–Crippen MR) is 111 cm³/mol. The van der Waals surface area contributed by atoms with E-state index in [1.54, 1.807) is 31.1 Å². The van der Waals surface area contributed by atoms with Crippen LogP contribution in [0.5, 0.6) is 5.75 Å². The molecule has 0 heterocycles. The van der Waals surface area contributed by atoms with Crippen molar-refractivity contribution in [3.63, 3.8) is 0 Å². The zero-order valence-corrected chi connectivity index (χ0v) is 17.5. The molecule has 2 rings (SSSR count). The lowest BCUT2D eigenvalue weighted by Crippen LogP contribution is -2.48. The van der Waals surface area contributed by atoms with Gasteiger partial charge in [-0.15, -0.1) is 0 Å². The van der Waals surface area contributed by atoms with Gasteiger partial charge >= 0.3 is 0 Å². The molecule has 0 fully saturated rings. The van der Waals surface area contributed by atoms with E-state index in [1.165, 1.54) is 0 Å². The van der Waals surface area contributed by atoms with Gasteiger partial charge in [0.1, 0.15) is 11.8 Å². The Kier molecular flexibility index (Phi) is 7.88. The van der Waals surface area contributed by atoms with Gasteiger partial charge in [0.05, 0.1) is 7.11 Å². The maximum atomic E-state index is 12.8. The van der Waals surface area contributed by atoms with Gasteiger partial charge < -0.3 is 15.0 Å². The Morgan fingerprint density at radius 2 is 1.71 bits per heavy atom. The summed E-state index contributed by atoms with van der Waals surface area (Å²) in [6.07, 6.45) is 0. The van der Waals surface area contributed by atoms with Gasteiger partial charge in [-0.05, 0) is 30.7 Å². The fourth-order valence-corrected chi connectivity index (χ4v) is 2.97. The van der Waals surface area contributed by atoms with Crippen molar-refractivity contribution in [1.29, 1.82) is 0 Å². The Balaban J connectivity index is 2.11. The molecule has 150 valence electrons. The SMILES string of the molecule is COc1ccccc1CNC(=O)[C@@H](C)N(Cc1ccc(Cl)cc1)C(=O)C(C)C. The van der Waals surface area contributed by atoms with Crippen LogP contribution in [-0.4, -0.2) is 29.9 Å². The van der Waals surface area contributed by atoms with Gasteiger partial charge in [-0.3, -0.25) is 9.59 Å². The van der Waals surface area contributed by atoms with Gasteiger partial charge in [0.25, 0.3) is 0 Å². The largest absolute Gasteiger partial charge is 0.496 e. The number of ether oxygens (including phenoxy) is 1. The summed E-state index contributed by atoms with van der Waals surface area (Å²) in [7, 11) is 1.60.